The topological polar surface area (TPSA) is 16.4 Å². The minimum Gasteiger partial charge on any atom is -0.455 e. The number of fused-ring (bicyclic) bond motifs is 3. The van der Waals surface area contributed by atoms with Crippen molar-refractivity contribution >= 4 is 49.6 Å². The Morgan fingerprint density at radius 1 is 0.375 bits per heavy atom. The zero-order chi connectivity index (χ0) is 31.9. The van der Waals surface area contributed by atoms with Crippen LogP contribution in [0.4, 0.5) is 17.1 Å². The van der Waals surface area contributed by atoms with Crippen LogP contribution in [-0.4, -0.2) is 0 Å². The molecule has 1 heterocycles. The van der Waals surface area contributed by atoms with E-state index >= 15 is 0 Å². The number of hydrogen-bond donors (Lipinski definition) is 0. The molecule has 2 nitrogen and oxygen atoms in total. The second kappa shape index (κ2) is 11.8. The first kappa shape index (κ1) is 27.9. The molecule has 0 radical (unpaired) electrons. The highest BCUT2D eigenvalue weighted by Gasteiger charge is 2.24. The average molecular weight is 614 g/mol. The van der Waals surface area contributed by atoms with Gasteiger partial charge in [0.15, 0.2) is 0 Å². The molecule has 0 amide bonds. The third-order valence-electron chi connectivity index (χ3n) is 9.24. The summed E-state index contributed by atoms with van der Waals surface area (Å²) in [6, 6.07) is 66.8. The van der Waals surface area contributed by atoms with Crippen LogP contribution in [0.1, 0.15) is 0 Å². The van der Waals surface area contributed by atoms with Crippen LogP contribution < -0.4 is 4.90 Å². The predicted molar refractivity (Wildman–Crippen MR) is 202 cm³/mol. The highest BCUT2D eigenvalue weighted by atomic mass is 16.3. The monoisotopic (exact) mass is 613 g/mol. The number of nitrogens with zero attached hydrogens (tertiary/aromatic N) is 1. The van der Waals surface area contributed by atoms with Crippen molar-refractivity contribution in [1.29, 1.82) is 0 Å². The third-order valence-corrected chi connectivity index (χ3v) is 9.24. The van der Waals surface area contributed by atoms with Crippen molar-refractivity contribution in [2.24, 2.45) is 0 Å². The number of rotatable bonds is 6. The number of furan rings is 1. The molecule has 0 spiro atoms. The van der Waals surface area contributed by atoms with Crippen LogP contribution in [0.5, 0.6) is 0 Å². The summed E-state index contributed by atoms with van der Waals surface area (Å²) in [4.78, 5) is 2.39. The molecule has 2 heteroatoms. The van der Waals surface area contributed by atoms with Crippen molar-refractivity contribution < 1.29 is 4.42 Å². The van der Waals surface area contributed by atoms with Crippen molar-refractivity contribution in [2.45, 2.75) is 0 Å². The van der Waals surface area contributed by atoms with Gasteiger partial charge in [-0.3, -0.25) is 0 Å². The lowest BCUT2D eigenvalue weighted by Crippen LogP contribution is -2.12. The van der Waals surface area contributed by atoms with Gasteiger partial charge in [-0.1, -0.05) is 146 Å². The molecular formula is C46H31NO. The molecule has 0 saturated heterocycles. The quantitative estimate of drug-likeness (QED) is 0.185. The summed E-state index contributed by atoms with van der Waals surface area (Å²) in [5.41, 5.74) is 9.69. The van der Waals surface area contributed by atoms with Crippen LogP contribution in [0.25, 0.3) is 66.1 Å². The summed E-state index contributed by atoms with van der Waals surface area (Å²) in [5.74, 6) is 0.855. The molecule has 8 aromatic carbocycles. The van der Waals surface area contributed by atoms with E-state index in [0.717, 1.165) is 56.0 Å². The summed E-state index contributed by atoms with van der Waals surface area (Å²) in [6.45, 7) is 0. The van der Waals surface area contributed by atoms with Gasteiger partial charge in [-0.2, -0.15) is 0 Å². The molecule has 9 aromatic rings. The zero-order valence-electron chi connectivity index (χ0n) is 26.3. The second-order valence-corrected chi connectivity index (χ2v) is 12.1. The van der Waals surface area contributed by atoms with Gasteiger partial charge in [0.1, 0.15) is 11.3 Å². The Kier molecular flexibility index (Phi) is 6.84. The summed E-state index contributed by atoms with van der Waals surface area (Å²) < 4.78 is 6.80. The summed E-state index contributed by atoms with van der Waals surface area (Å²) in [6.07, 6.45) is 0. The molecule has 0 N–H and O–H groups in total. The number of benzene rings is 8. The zero-order valence-corrected chi connectivity index (χ0v) is 26.3. The van der Waals surface area contributed by atoms with Gasteiger partial charge in [0, 0.05) is 27.6 Å². The van der Waals surface area contributed by atoms with Crippen molar-refractivity contribution in [3.05, 3.63) is 188 Å². The Bertz CT molecular complexity index is 2570. The maximum Gasteiger partial charge on any atom is 0.145 e. The van der Waals surface area contributed by atoms with Crippen LogP contribution in [0.15, 0.2) is 192 Å². The number of hydrogen-bond acceptors (Lipinski definition) is 2. The van der Waals surface area contributed by atoms with Crippen LogP contribution >= 0.6 is 0 Å². The van der Waals surface area contributed by atoms with E-state index in [4.69, 9.17) is 4.42 Å². The van der Waals surface area contributed by atoms with Gasteiger partial charge in [0.25, 0.3) is 0 Å². The summed E-state index contributed by atoms with van der Waals surface area (Å²) >= 11 is 0. The fraction of sp³-hybridized carbons (Fsp3) is 0. The van der Waals surface area contributed by atoms with E-state index in [9.17, 15) is 0 Å². The Balaban J connectivity index is 1.30. The van der Waals surface area contributed by atoms with Crippen LogP contribution in [-0.2, 0) is 0 Å². The Hall–Kier alpha value is -6.38. The smallest absolute Gasteiger partial charge is 0.145 e. The lowest BCUT2D eigenvalue weighted by atomic mass is 9.96. The fourth-order valence-electron chi connectivity index (χ4n) is 6.99. The third kappa shape index (κ3) is 4.83. The van der Waals surface area contributed by atoms with E-state index in [1.807, 2.05) is 6.07 Å². The molecule has 0 aliphatic carbocycles. The van der Waals surface area contributed by atoms with Gasteiger partial charge in [-0.15, -0.1) is 0 Å². The molecule has 0 saturated carbocycles. The van der Waals surface area contributed by atoms with Gasteiger partial charge in [-0.25, -0.2) is 0 Å². The molecule has 48 heavy (non-hydrogen) atoms. The molecule has 0 bridgehead atoms. The van der Waals surface area contributed by atoms with Crippen LogP contribution in [0.3, 0.4) is 0 Å². The second-order valence-electron chi connectivity index (χ2n) is 12.1. The first-order valence-electron chi connectivity index (χ1n) is 16.4. The SMILES string of the molecule is c1ccc(-c2c(-c3ccccc3N(c3cccc(-c4ccc5ccccc5c4)c3)c3cccc4ccccc34)oc3ccccc23)cc1. The maximum atomic E-state index is 6.80. The maximum absolute atomic E-state index is 6.80. The molecule has 0 fully saturated rings. The van der Waals surface area contributed by atoms with Gasteiger partial charge in [0.2, 0.25) is 0 Å². The first-order chi connectivity index (χ1) is 23.8. The first-order valence-corrected chi connectivity index (χ1v) is 16.4. The molecular weight excluding hydrogens is 583 g/mol. The molecule has 1 aromatic heterocycles. The molecule has 0 aliphatic heterocycles. The van der Waals surface area contributed by atoms with Gasteiger partial charge >= 0.3 is 0 Å². The lowest BCUT2D eigenvalue weighted by Gasteiger charge is -2.29. The normalized spacial score (nSPS) is 11.3. The lowest BCUT2D eigenvalue weighted by molar-refractivity contribution is 0.632. The van der Waals surface area contributed by atoms with Crippen molar-refractivity contribution in [3.63, 3.8) is 0 Å². The summed E-state index contributed by atoms with van der Waals surface area (Å²) in [7, 11) is 0. The number of anilines is 3. The van der Waals surface area contributed by atoms with E-state index in [1.54, 1.807) is 0 Å². The standard InChI is InChI=1S/C46H31NO/c1-2-16-34(17-3-1)45-41-24-9-11-27-44(41)48-46(45)40-23-8-10-25-43(40)47(42-26-13-19-33-15-6-7-22-39(33)42)38-21-12-20-36(31-38)37-29-28-32-14-4-5-18-35(32)30-37/h1-31H. The van der Waals surface area contributed by atoms with Gasteiger partial charge in [-0.05, 0) is 75.3 Å². The highest BCUT2D eigenvalue weighted by molar-refractivity contribution is 6.06. The molecule has 226 valence electrons. The van der Waals surface area contributed by atoms with Crippen LogP contribution in [0.2, 0.25) is 0 Å². The minimum atomic E-state index is 0.855. The van der Waals surface area contributed by atoms with E-state index in [0.29, 0.717) is 0 Å². The highest BCUT2D eigenvalue weighted by Crippen LogP contribution is 2.48. The minimum absolute atomic E-state index is 0.855. The van der Waals surface area contributed by atoms with Crippen molar-refractivity contribution in [3.8, 4) is 33.6 Å². The van der Waals surface area contributed by atoms with Gasteiger partial charge < -0.3 is 9.32 Å². The van der Waals surface area contributed by atoms with E-state index in [-0.39, 0.29) is 0 Å². The van der Waals surface area contributed by atoms with E-state index in [1.165, 1.54) is 27.1 Å². The largest absolute Gasteiger partial charge is 0.455 e. The van der Waals surface area contributed by atoms with Gasteiger partial charge in [0.05, 0.1) is 11.4 Å². The Labute approximate surface area is 279 Å². The Morgan fingerprint density at radius 2 is 1.00 bits per heavy atom. The molecule has 0 aliphatic rings. The Morgan fingerprint density at radius 3 is 1.90 bits per heavy atom. The average Bonchev–Trinajstić information content (AvgIpc) is 3.55. The predicted octanol–water partition coefficient (Wildman–Crippen LogP) is 13.2. The molecule has 9 rings (SSSR count). The van der Waals surface area contributed by atoms with Crippen molar-refractivity contribution in [2.75, 3.05) is 4.90 Å². The van der Waals surface area contributed by atoms with E-state index < -0.39 is 0 Å². The summed E-state index contributed by atoms with van der Waals surface area (Å²) in [5, 5.41) is 5.94. The molecule has 0 atom stereocenters. The number of para-hydroxylation sites is 2. The molecule has 0 unspecified atom stereocenters. The van der Waals surface area contributed by atoms with Crippen molar-refractivity contribution in [1.82, 2.24) is 0 Å². The van der Waals surface area contributed by atoms with E-state index in [2.05, 4.69) is 187 Å². The van der Waals surface area contributed by atoms with Crippen LogP contribution in [0, 0.1) is 0 Å². The fourth-order valence-corrected chi connectivity index (χ4v) is 6.99.